The van der Waals surface area contributed by atoms with Gasteiger partial charge in [-0.2, -0.15) is 0 Å². The van der Waals surface area contributed by atoms with Gasteiger partial charge in [0.05, 0.1) is 19.5 Å². The summed E-state index contributed by atoms with van der Waals surface area (Å²) < 4.78 is 12.8. The van der Waals surface area contributed by atoms with Crippen molar-refractivity contribution in [3.05, 3.63) is 66.0 Å². The van der Waals surface area contributed by atoms with Gasteiger partial charge in [0, 0.05) is 11.3 Å². The molecule has 0 saturated carbocycles. The summed E-state index contributed by atoms with van der Waals surface area (Å²) >= 11 is 0. The van der Waals surface area contributed by atoms with E-state index in [0.29, 0.717) is 12.1 Å². The van der Waals surface area contributed by atoms with Gasteiger partial charge in [-0.15, -0.1) is 0 Å². The Labute approximate surface area is 130 Å². The van der Waals surface area contributed by atoms with Crippen molar-refractivity contribution in [2.45, 2.75) is 19.9 Å². The van der Waals surface area contributed by atoms with Gasteiger partial charge in [0.15, 0.2) is 0 Å². The summed E-state index contributed by atoms with van der Waals surface area (Å²) in [5, 5.41) is 2.79. The predicted molar refractivity (Wildman–Crippen MR) is 86.2 cm³/mol. The van der Waals surface area contributed by atoms with Crippen molar-refractivity contribution < 1.29 is 14.1 Å². The molecule has 0 aromatic heterocycles. The molecule has 0 saturated heterocycles. The van der Waals surface area contributed by atoms with Crippen LogP contribution in [0.2, 0.25) is 0 Å². The number of carbonyl (C=O) groups excluding carboxylic acids is 1. The third kappa shape index (κ3) is 5.30. The Hall–Kier alpha value is -2.20. The molecule has 116 valence electrons. The Kier molecular flexibility index (Phi) is 6.10. The van der Waals surface area contributed by atoms with Gasteiger partial charge in [-0.05, 0) is 31.2 Å². The average Bonchev–Trinajstić information content (AvgIpc) is 2.54. The van der Waals surface area contributed by atoms with Crippen LogP contribution in [0.3, 0.4) is 0 Å². The fraction of sp³-hybridized carbons (Fsp3) is 0.278. The maximum Gasteiger partial charge on any atom is 0.230 e. The number of halogens is 1. The molecule has 0 radical (unpaired) electrons. The first-order valence-corrected chi connectivity index (χ1v) is 7.60. The van der Waals surface area contributed by atoms with Crippen molar-refractivity contribution in [1.82, 2.24) is 0 Å². The SMILES string of the molecule is CC[NH+](CCC(=O)Nc1ccc(F)cc1)Cc1ccccc1. The van der Waals surface area contributed by atoms with Crippen molar-refractivity contribution >= 4 is 11.6 Å². The standard InChI is InChI=1S/C18H21FN2O/c1-2-21(14-15-6-4-3-5-7-15)13-12-18(22)20-17-10-8-16(19)9-11-17/h3-11H,2,12-14H2,1H3,(H,20,22)/p+1. The molecular formula is C18H22FN2O+. The van der Waals surface area contributed by atoms with Crippen LogP contribution in [-0.4, -0.2) is 19.0 Å². The molecule has 1 amide bonds. The van der Waals surface area contributed by atoms with E-state index in [9.17, 15) is 9.18 Å². The molecule has 1 atom stereocenters. The largest absolute Gasteiger partial charge is 0.331 e. The Balaban J connectivity index is 1.79. The predicted octanol–water partition coefficient (Wildman–Crippen LogP) is 2.26. The zero-order chi connectivity index (χ0) is 15.8. The van der Waals surface area contributed by atoms with Crippen LogP contribution in [0, 0.1) is 5.82 Å². The Bertz CT molecular complexity index is 584. The van der Waals surface area contributed by atoms with Crippen molar-refractivity contribution in [1.29, 1.82) is 0 Å². The second-order valence-electron chi connectivity index (χ2n) is 5.32. The van der Waals surface area contributed by atoms with Gasteiger partial charge in [0.25, 0.3) is 0 Å². The lowest BCUT2D eigenvalue weighted by molar-refractivity contribution is -0.911. The van der Waals surface area contributed by atoms with E-state index in [1.165, 1.54) is 22.6 Å². The smallest absolute Gasteiger partial charge is 0.230 e. The number of rotatable bonds is 7. The third-order valence-electron chi connectivity index (χ3n) is 3.63. The van der Waals surface area contributed by atoms with E-state index in [4.69, 9.17) is 0 Å². The highest BCUT2D eigenvalue weighted by Crippen LogP contribution is 2.08. The second kappa shape index (κ2) is 8.29. The minimum atomic E-state index is -0.303. The van der Waals surface area contributed by atoms with Crippen LogP contribution in [0.1, 0.15) is 18.9 Å². The van der Waals surface area contributed by atoms with E-state index < -0.39 is 0 Å². The number of amides is 1. The first-order valence-electron chi connectivity index (χ1n) is 7.60. The van der Waals surface area contributed by atoms with Crippen molar-refractivity contribution in [2.75, 3.05) is 18.4 Å². The van der Waals surface area contributed by atoms with Gasteiger partial charge in [0.2, 0.25) is 5.91 Å². The second-order valence-corrected chi connectivity index (χ2v) is 5.32. The van der Waals surface area contributed by atoms with Crippen molar-refractivity contribution in [3.63, 3.8) is 0 Å². The van der Waals surface area contributed by atoms with Gasteiger partial charge in [-0.1, -0.05) is 30.3 Å². The molecule has 2 aromatic rings. The lowest BCUT2D eigenvalue weighted by Gasteiger charge is -2.17. The summed E-state index contributed by atoms with van der Waals surface area (Å²) in [5.74, 6) is -0.340. The Morgan fingerprint density at radius 1 is 1.09 bits per heavy atom. The van der Waals surface area contributed by atoms with Crippen LogP contribution in [0.15, 0.2) is 54.6 Å². The summed E-state index contributed by atoms with van der Waals surface area (Å²) in [7, 11) is 0. The minimum Gasteiger partial charge on any atom is -0.331 e. The highest BCUT2D eigenvalue weighted by Gasteiger charge is 2.10. The number of quaternary nitrogens is 1. The van der Waals surface area contributed by atoms with Gasteiger partial charge in [-0.25, -0.2) is 4.39 Å². The number of anilines is 1. The van der Waals surface area contributed by atoms with E-state index in [-0.39, 0.29) is 11.7 Å². The molecule has 22 heavy (non-hydrogen) atoms. The number of nitrogens with one attached hydrogen (secondary N) is 2. The molecular weight excluding hydrogens is 279 g/mol. The molecule has 1 unspecified atom stereocenters. The molecule has 2 aromatic carbocycles. The quantitative estimate of drug-likeness (QED) is 0.808. The number of carbonyl (C=O) groups is 1. The fourth-order valence-electron chi connectivity index (χ4n) is 2.32. The zero-order valence-electron chi connectivity index (χ0n) is 12.8. The van der Waals surface area contributed by atoms with Crippen molar-refractivity contribution in [3.8, 4) is 0 Å². The molecule has 2 N–H and O–H groups in total. The summed E-state index contributed by atoms with van der Waals surface area (Å²) in [6.07, 6.45) is 0.452. The van der Waals surface area contributed by atoms with Crippen molar-refractivity contribution in [2.24, 2.45) is 0 Å². The summed E-state index contributed by atoms with van der Waals surface area (Å²) in [4.78, 5) is 13.3. The van der Waals surface area contributed by atoms with Gasteiger partial charge in [-0.3, -0.25) is 4.79 Å². The summed E-state index contributed by atoms with van der Waals surface area (Å²) in [6, 6.07) is 16.1. The highest BCUT2D eigenvalue weighted by atomic mass is 19.1. The average molecular weight is 301 g/mol. The number of hydrogen-bond acceptors (Lipinski definition) is 1. The zero-order valence-corrected chi connectivity index (χ0v) is 12.8. The van der Waals surface area contributed by atoms with Crippen LogP contribution in [0.5, 0.6) is 0 Å². The molecule has 3 nitrogen and oxygen atoms in total. The van der Waals surface area contributed by atoms with Crippen LogP contribution in [-0.2, 0) is 11.3 Å². The molecule has 2 rings (SSSR count). The highest BCUT2D eigenvalue weighted by molar-refractivity contribution is 5.90. The van der Waals surface area contributed by atoms with E-state index in [1.54, 1.807) is 12.1 Å². The first kappa shape index (κ1) is 16.2. The maximum atomic E-state index is 12.8. The number of hydrogen-bond donors (Lipinski definition) is 2. The van der Waals surface area contributed by atoms with Gasteiger partial charge < -0.3 is 10.2 Å². The van der Waals surface area contributed by atoms with Gasteiger partial charge >= 0.3 is 0 Å². The minimum absolute atomic E-state index is 0.0365. The molecule has 0 fully saturated rings. The van der Waals surface area contributed by atoms with E-state index >= 15 is 0 Å². The first-order chi connectivity index (χ1) is 10.7. The number of benzene rings is 2. The lowest BCUT2D eigenvalue weighted by Crippen LogP contribution is -3.10. The van der Waals surface area contributed by atoms with Crippen LogP contribution >= 0.6 is 0 Å². The van der Waals surface area contributed by atoms with Crippen LogP contribution in [0.25, 0.3) is 0 Å². The van der Waals surface area contributed by atoms with E-state index in [1.807, 2.05) is 18.2 Å². The molecule has 0 aliphatic heterocycles. The molecule has 0 heterocycles. The molecule has 4 heteroatoms. The fourth-order valence-corrected chi connectivity index (χ4v) is 2.32. The Morgan fingerprint density at radius 3 is 2.41 bits per heavy atom. The van der Waals surface area contributed by atoms with Crippen LogP contribution in [0.4, 0.5) is 10.1 Å². The molecule has 0 aliphatic rings. The van der Waals surface area contributed by atoms with Gasteiger partial charge in [0.1, 0.15) is 12.4 Å². The molecule has 0 spiro atoms. The molecule has 0 aliphatic carbocycles. The topological polar surface area (TPSA) is 33.5 Å². The maximum absolute atomic E-state index is 12.8. The summed E-state index contributed by atoms with van der Waals surface area (Å²) in [5.41, 5.74) is 1.91. The normalized spacial score (nSPS) is 11.9. The monoisotopic (exact) mass is 301 g/mol. The van der Waals surface area contributed by atoms with Crippen LogP contribution < -0.4 is 10.2 Å². The molecule has 0 bridgehead atoms. The lowest BCUT2D eigenvalue weighted by atomic mass is 10.2. The summed E-state index contributed by atoms with van der Waals surface area (Å²) in [6.45, 7) is 4.79. The van der Waals surface area contributed by atoms with E-state index in [2.05, 4.69) is 24.4 Å². The Morgan fingerprint density at radius 2 is 1.77 bits per heavy atom. The third-order valence-corrected chi connectivity index (χ3v) is 3.63. The van der Waals surface area contributed by atoms with E-state index in [0.717, 1.165) is 19.6 Å².